The lowest BCUT2D eigenvalue weighted by atomic mass is 10.7. The molecule has 2 aromatic rings. The molecule has 1 radical (unpaired) electrons. The molecule has 0 saturated carbocycles. The predicted octanol–water partition coefficient (Wildman–Crippen LogP) is -0.0755. The van der Waals surface area contributed by atoms with Crippen molar-refractivity contribution in [3.8, 4) is 0 Å². The van der Waals surface area contributed by atoms with Crippen molar-refractivity contribution in [1.29, 1.82) is 0 Å². The fraction of sp³-hybridized carbons (Fsp3) is 0. The number of rotatable bonds is 0. The van der Waals surface area contributed by atoms with Gasteiger partial charge in [0.2, 0.25) is 0 Å². The Morgan fingerprint density at radius 3 is 3.44 bits per heavy atom. The number of aromatic nitrogens is 4. The highest BCUT2D eigenvalue weighted by Gasteiger charge is 1.89. The van der Waals surface area contributed by atoms with E-state index < -0.39 is 0 Å². The second-order valence-electron chi connectivity index (χ2n) is 1.57. The van der Waals surface area contributed by atoms with E-state index in [1.807, 2.05) is 0 Å². The first-order chi connectivity index (χ1) is 4.47. The summed E-state index contributed by atoms with van der Waals surface area (Å²) in [5, 5.41) is 11.3. The van der Waals surface area contributed by atoms with Crippen molar-refractivity contribution in [3.63, 3.8) is 0 Å². The summed E-state index contributed by atoms with van der Waals surface area (Å²) in [7, 11) is 0. The standard InChI is InChI=1S/C5H3N4/c1-2-7-9-4-3-6-8-5(1)9/h2-4H. The van der Waals surface area contributed by atoms with Crippen LogP contribution in [0.5, 0.6) is 0 Å². The summed E-state index contributed by atoms with van der Waals surface area (Å²) in [6.45, 7) is 0. The Morgan fingerprint density at radius 1 is 1.56 bits per heavy atom. The molecule has 0 aromatic carbocycles. The van der Waals surface area contributed by atoms with Crippen LogP contribution in [-0.4, -0.2) is 19.8 Å². The van der Waals surface area contributed by atoms with Crippen molar-refractivity contribution in [2.45, 2.75) is 0 Å². The summed E-state index contributed by atoms with van der Waals surface area (Å²) in [4.78, 5) is 0. The van der Waals surface area contributed by atoms with Crippen LogP contribution in [0.15, 0.2) is 18.6 Å². The highest BCUT2D eigenvalue weighted by Crippen LogP contribution is 1.89. The van der Waals surface area contributed by atoms with Crippen molar-refractivity contribution in [2.75, 3.05) is 0 Å². The summed E-state index contributed by atoms with van der Waals surface area (Å²) < 4.78 is 1.60. The molecule has 0 aliphatic rings. The lowest BCUT2D eigenvalue weighted by molar-refractivity contribution is 0.889. The van der Waals surface area contributed by atoms with Gasteiger partial charge in [0.1, 0.15) is 0 Å². The van der Waals surface area contributed by atoms with Gasteiger partial charge in [0.05, 0.1) is 24.7 Å². The quantitative estimate of drug-likeness (QED) is 0.487. The second-order valence-corrected chi connectivity index (χ2v) is 1.57. The maximum absolute atomic E-state index is 3.88. The molecule has 4 nitrogen and oxygen atoms in total. The highest BCUT2D eigenvalue weighted by atomic mass is 15.3. The molecule has 0 aliphatic heterocycles. The van der Waals surface area contributed by atoms with Crippen LogP contribution in [0.2, 0.25) is 0 Å². The van der Waals surface area contributed by atoms with E-state index in [0.29, 0.717) is 5.65 Å². The first-order valence-electron chi connectivity index (χ1n) is 2.49. The van der Waals surface area contributed by atoms with Crippen LogP contribution in [0.1, 0.15) is 0 Å². The van der Waals surface area contributed by atoms with Crippen molar-refractivity contribution < 1.29 is 0 Å². The summed E-state index contributed by atoms with van der Waals surface area (Å²) in [5.41, 5.74) is 0.650. The molecule has 2 aromatic heterocycles. The molecule has 0 bridgehead atoms. The van der Waals surface area contributed by atoms with E-state index in [4.69, 9.17) is 0 Å². The predicted molar refractivity (Wildman–Crippen MR) is 29.6 cm³/mol. The monoisotopic (exact) mass is 119 g/mol. The molecule has 2 heterocycles. The van der Waals surface area contributed by atoms with Gasteiger partial charge in [0.15, 0.2) is 5.65 Å². The van der Waals surface area contributed by atoms with E-state index in [1.54, 1.807) is 23.1 Å². The zero-order chi connectivity index (χ0) is 6.10. The van der Waals surface area contributed by atoms with E-state index in [0.717, 1.165) is 0 Å². The summed E-state index contributed by atoms with van der Waals surface area (Å²) in [6, 6.07) is 2.80. The Morgan fingerprint density at radius 2 is 2.56 bits per heavy atom. The Balaban J connectivity index is 2.95. The van der Waals surface area contributed by atoms with Gasteiger partial charge in [-0.25, -0.2) is 4.52 Å². The Bertz CT molecular complexity index is 283. The average molecular weight is 119 g/mol. The molecule has 0 fully saturated rings. The molecule has 0 amide bonds. The lowest BCUT2D eigenvalue weighted by Gasteiger charge is -1.84. The molecular formula is C5H3N4. The molecule has 2 rings (SSSR count). The molecule has 0 atom stereocenters. The van der Waals surface area contributed by atoms with E-state index in [2.05, 4.69) is 21.4 Å². The highest BCUT2D eigenvalue weighted by molar-refractivity contribution is 5.30. The van der Waals surface area contributed by atoms with E-state index in [9.17, 15) is 0 Å². The van der Waals surface area contributed by atoms with Gasteiger partial charge in [-0.2, -0.15) is 10.2 Å². The van der Waals surface area contributed by atoms with Gasteiger partial charge >= 0.3 is 0 Å². The van der Waals surface area contributed by atoms with Crippen molar-refractivity contribution >= 4 is 5.65 Å². The second kappa shape index (κ2) is 1.51. The van der Waals surface area contributed by atoms with Gasteiger partial charge in [0.25, 0.3) is 0 Å². The van der Waals surface area contributed by atoms with Crippen LogP contribution in [0.25, 0.3) is 5.65 Å². The molecule has 9 heavy (non-hydrogen) atoms. The summed E-state index contributed by atoms with van der Waals surface area (Å²) >= 11 is 0. The molecular weight excluding hydrogens is 116 g/mol. The van der Waals surface area contributed by atoms with Crippen LogP contribution in [0.3, 0.4) is 0 Å². The first-order valence-corrected chi connectivity index (χ1v) is 2.49. The Hall–Kier alpha value is -1.45. The fourth-order valence-electron chi connectivity index (χ4n) is 0.634. The Labute approximate surface area is 51.1 Å². The minimum absolute atomic E-state index is 0.650. The minimum Gasteiger partial charge on any atom is -0.219 e. The normalized spacial score (nSPS) is 10.2. The third-order valence-corrected chi connectivity index (χ3v) is 1.02. The van der Waals surface area contributed by atoms with E-state index >= 15 is 0 Å². The zero-order valence-electron chi connectivity index (χ0n) is 4.52. The number of hydrogen-bond donors (Lipinski definition) is 0. The third-order valence-electron chi connectivity index (χ3n) is 1.02. The molecule has 0 saturated heterocycles. The fourth-order valence-corrected chi connectivity index (χ4v) is 0.634. The molecule has 0 aliphatic carbocycles. The smallest absolute Gasteiger partial charge is 0.185 e. The van der Waals surface area contributed by atoms with Crippen LogP contribution in [-0.2, 0) is 0 Å². The summed E-state index contributed by atoms with van der Waals surface area (Å²) in [5.74, 6) is 0. The topological polar surface area (TPSA) is 43.1 Å². The van der Waals surface area contributed by atoms with Gasteiger partial charge in [-0.05, 0) is 0 Å². The number of nitrogens with zero attached hydrogens (tertiary/aromatic N) is 4. The van der Waals surface area contributed by atoms with Gasteiger partial charge in [-0.15, -0.1) is 5.10 Å². The third kappa shape index (κ3) is 0.561. The van der Waals surface area contributed by atoms with Crippen LogP contribution < -0.4 is 0 Å². The van der Waals surface area contributed by atoms with Crippen LogP contribution in [0, 0.1) is 6.07 Å². The van der Waals surface area contributed by atoms with Crippen molar-refractivity contribution in [3.05, 3.63) is 24.7 Å². The maximum Gasteiger partial charge on any atom is 0.185 e. The SMILES string of the molecule is [c]1cnn2ccnnc12. The van der Waals surface area contributed by atoms with Crippen LogP contribution >= 0.6 is 0 Å². The average Bonchev–Trinajstić information content (AvgIpc) is 2.33. The summed E-state index contributed by atoms with van der Waals surface area (Å²) in [6.07, 6.45) is 4.86. The van der Waals surface area contributed by atoms with Gasteiger partial charge in [-0.3, -0.25) is 0 Å². The largest absolute Gasteiger partial charge is 0.219 e. The zero-order valence-corrected chi connectivity index (χ0v) is 4.52. The minimum atomic E-state index is 0.650. The number of hydrogen-bond acceptors (Lipinski definition) is 3. The number of fused-ring (bicyclic) bond motifs is 1. The van der Waals surface area contributed by atoms with E-state index in [-0.39, 0.29) is 0 Å². The van der Waals surface area contributed by atoms with Gasteiger partial charge < -0.3 is 0 Å². The first kappa shape index (κ1) is 4.43. The molecule has 4 heteroatoms. The van der Waals surface area contributed by atoms with E-state index in [1.165, 1.54) is 0 Å². The maximum atomic E-state index is 3.88. The molecule has 43 valence electrons. The Kier molecular flexibility index (Phi) is 0.745. The van der Waals surface area contributed by atoms with Crippen molar-refractivity contribution in [1.82, 2.24) is 19.8 Å². The van der Waals surface area contributed by atoms with Crippen molar-refractivity contribution in [2.24, 2.45) is 0 Å². The van der Waals surface area contributed by atoms with Gasteiger partial charge in [0, 0.05) is 0 Å². The van der Waals surface area contributed by atoms with Gasteiger partial charge in [-0.1, -0.05) is 0 Å². The molecule has 0 unspecified atom stereocenters. The molecule has 0 spiro atoms. The molecule has 0 N–H and O–H groups in total. The lowest BCUT2D eigenvalue weighted by Crippen LogP contribution is -1.89. The van der Waals surface area contributed by atoms with Crippen LogP contribution in [0.4, 0.5) is 0 Å².